The molecule has 25 nitrogen and oxygen atoms in total. The topological polar surface area (TPSA) is 358 Å². The van der Waals surface area contributed by atoms with Crippen LogP contribution in [0.15, 0.2) is 149 Å². The number of allylic oxidation sites excluding steroid dienone is 1. The van der Waals surface area contributed by atoms with Gasteiger partial charge in [0.05, 0.1) is 6.54 Å². The Balaban J connectivity index is 0.000000152. The van der Waals surface area contributed by atoms with Crippen molar-refractivity contribution in [3.8, 4) is 0 Å². The molecule has 33 heteroatoms. The number of anilines is 4. The summed E-state index contributed by atoms with van der Waals surface area (Å²) < 4.78 is 8.38. The monoisotopic (exact) mass is 1580 g/mol. The Morgan fingerprint density at radius 3 is 1.20 bits per heavy atom. The largest absolute Gasteiger partial charge is 0.382 e. The van der Waals surface area contributed by atoms with Gasteiger partial charge in [-0.1, -0.05) is 141 Å². The zero-order valence-electron chi connectivity index (χ0n) is 60.2. The van der Waals surface area contributed by atoms with Crippen molar-refractivity contribution >= 4 is 179 Å². The van der Waals surface area contributed by atoms with E-state index < -0.39 is 0 Å². The van der Waals surface area contributed by atoms with Crippen molar-refractivity contribution in [1.82, 2.24) is 88.7 Å². The second kappa shape index (κ2) is 38.4. The number of carbonyl (C=O) groups excluding carboxylic acids is 1. The normalized spacial score (nSPS) is 12.0. The molecule has 0 radical (unpaired) electrons. The van der Waals surface area contributed by atoms with Crippen molar-refractivity contribution in [2.45, 2.75) is 185 Å². The summed E-state index contributed by atoms with van der Waals surface area (Å²) in [4.78, 5) is 72.0. The number of aliphatic imine (C=N–C) groups is 1. The van der Waals surface area contributed by atoms with Crippen LogP contribution in [0.25, 0.3) is 50.2 Å². The van der Waals surface area contributed by atoms with E-state index in [0.29, 0.717) is 92.6 Å². The van der Waals surface area contributed by atoms with E-state index in [1.54, 1.807) is 35.3 Å². The van der Waals surface area contributed by atoms with E-state index in [0.717, 1.165) is 173 Å². The minimum absolute atomic E-state index is 0.267. The molecule has 4 aromatic carbocycles. The number of unbranched alkanes of at least 4 members (excludes halogenated alkanes) is 3. The first-order valence-corrected chi connectivity index (χ1v) is 39.4. The van der Waals surface area contributed by atoms with Gasteiger partial charge in [-0.25, -0.2) is 59.8 Å². The molecule has 9 heterocycles. The smallest absolute Gasteiger partial charge is 0.217 e. The summed E-state index contributed by atoms with van der Waals surface area (Å²) in [7, 11) is 0. The van der Waals surface area contributed by atoms with E-state index in [1.807, 2.05) is 92.2 Å². The minimum atomic E-state index is -0.267. The molecule has 0 saturated carbocycles. The van der Waals surface area contributed by atoms with Gasteiger partial charge >= 0.3 is 0 Å². The Morgan fingerprint density at radius 2 is 0.849 bits per heavy atom. The molecule has 556 valence electrons. The fraction of sp³-hybridized carbons (Fsp3) is 0.342. The quantitative estimate of drug-likeness (QED) is 0.0224. The number of nitrogen functional groups attached to an aromatic ring is 4. The lowest BCUT2D eigenvalue weighted by Crippen LogP contribution is -2.24. The van der Waals surface area contributed by atoms with Crippen molar-refractivity contribution in [3.63, 3.8) is 0 Å². The molecular weight excluding hydrogens is 1500 g/mol. The lowest BCUT2D eigenvalue weighted by molar-refractivity contribution is -0.118. The zero-order chi connectivity index (χ0) is 75.6. The van der Waals surface area contributed by atoms with Gasteiger partial charge in [0.25, 0.3) is 0 Å². The molecule has 0 fully saturated rings. The predicted molar refractivity (Wildman–Crippen MR) is 435 cm³/mol. The Morgan fingerprint density at radius 1 is 0.472 bits per heavy atom. The summed E-state index contributed by atoms with van der Waals surface area (Å²) in [5.41, 5.74) is 40.3. The van der Waals surface area contributed by atoms with Crippen LogP contribution >= 0.6 is 93.5 Å². The number of amides is 1. The molecule has 1 aliphatic heterocycles. The molecular formula is C73H86Cl4N24OS4. The summed E-state index contributed by atoms with van der Waals surface area (Å²) in [6, 6.07) is 24.7. The molecule has 0 saturated heterocycles. The number of primary amides is 1. The number of carbonyl (C=O) groups is 1. The van der Waals surface area contributed by atoms with Crippen molar-refractivity contribution in [1.29, 1.82) is 0 Å². The van der Waals surface area contributed by atoms with Gasteiger partial charge in [0, 0.05) is 90.6 Å². The van der Waals surface area contributed by atoms with E-state index in [2.05, 4.69) is 132 Å². The number of imidazole rings is 4. The highest BCUT2D eigenvalue weighted by molar-refractivity contribution is 8.00. The third-order valence-electron chi connectivity index (χ3n) is 16.2. The number of nitrogens with two attached hydrogens (primary N) is 5. The summed E-state index contributed by atoms with van der Waals surface area (Å²) >= 11 is 31.1. The number of fused-ring (bicyclic) bond motifs is 4. The van der Waals surface area contributed by atoms with Gasteiger partial charge in [-0.05, 0) is 173 Å². The maximum Gasteiger partial charge on any atom is 0.217 e. The first-order chi connectivity index (χ1) is 51.0. The van der Waals surface area contributed by atoms with Crippen LogP contribution in [-0.4, -0.2) is 122 Å². The maximum absolute atomic E-state index is 10.9. The third-order valence-corrected chi connectivity index (χ3v) is 21.0. The first kappa shape index (κ1) is 80.2. The van der Waals surface area contributed by atoms with Crippen LogP contribution < -0.4 is 39.3 Å². The van der Waals surface area contributed by atoms with Crippen LogP contribution in [0.5, 0.6) is 0 Å². The molecule has 106 heavy (non-hydrogen) atoms. The summed E-state index contributed by atoms with van der Waals surface area (Å²) in [5.74, 6) is 1.30. The third kappa shape index (κ3) is 21.9. The standard InChI is InChI=1S/C21H24ClN7S.C18H21ClN6OS.C18H23ClN6S.C16H18ClN5S/c1-13(2)25-7-3-9-29-20-18(19(23)26-12-27-20)28-21(29)30-17-5-4-15(22)10-16(17)14-6-8-24-11-14;1-11-7-12(19)9-13(8-11)27-18-24-15-16(21)22-10-23-17(15)25(18)6-4-2-3-5-14(20)26;1-11(2)21-5-4-6-25-17-15(16(20)22-10-23-17)24-18(25)26-14-8-12(3)7-13(19)9-14;1-3-4-5-22-15-13(14(18)19-9-20-15)21-16(22)23-12-7-10(2)6-11(17)8-12/h4-6,8,10,12-13,25H,3,7,9,11H2,1-2H3,(H2,23,26,27);7-10H,2-6H2,1H3,(H2,20,26)(H2,21,22,23);7-11,21H,4-6H2,1-3H3,(H2,20,22,23);6-9H,3-5H2,1-2H3,(H2,18,19,20). The minimum Gasteiger partial charge on any atom is -0.382 e. The Labute approximate surface area is 652 Å². The fourth-order valence-electron chi connectivity index (χ4n) is 11.2. The molecule has 12 aromatic rings. The Hall–Kier alpha value is -8.36. The Bertz CT molecular complexity index is 5040. The number of benzene rings is 4. The molecule has 0 spiro atoms. The summed E-state index contributed by atoms with van der Waals surface area (Å²) in [6.45, 7) is 22.4. The highest BCUT2D eigenvalue weighted by Crippen LogP contribution is 2.40. The van der Waals surface area contributed by atoms with Gasteiger partial charge in [-0.2, -0.15) is 0 Å². The Kier molecular flexibility index (Phi) is 29.1. The fourth-order valence-corrected chi connectivity index (χ4v) is 16.7. The number of hydrogen-bond donors (Lipinski definition) is 7. The van der Waals surface area contributed by atoms with Gasteiger partial charge in [0.15, 0.2) is 88.6 Å². The van der Waals surface area contributed by atoms with Crippen molar-refractivity contribution in [2.75, 3.05) is 42.6 Å². The lowest BCUT2D eigenvalue weighted by atomic mass is 10.1. The van der Waals surface area contributed by atoms with Crippen LogP contribution in [0, 0.1) is 20.8 Å². The SMILES string of the molecule is CC(C)NCCCn1c(Sc2ccc(Cl)cc2C2=CC=NC2)nc2c(N)ncnc21.CCCCn1c(Sc2cc(C)cc(Cl)c2)nc2c(N)ncnc21.Cc1cc(Cl)cc(Sc2nc3c(N)ncnc3n2CCCCCC(N)=O)c1.Cc1cc(Cl)cc(Sc2nc3c(N)ncnc3n2CCCNC(C)C)c1. The van der Waals surface area contributed by atoms with Crippen LogP contribution in [0.1, 0.15) is 108 Å². The summed E-state index contributed by atoms with van der Waals surface area (Å²) in [6.07, 6.45) is 16.8. The van der Waals surface area contributed by atoms with Crippen LogP contribution in [0.4, 0.5) is 23.3 Å². The van der Waals surface area contributed by atoms with Gasteiger partial charge in [0.2, 0.25) is 5.91 Å². The highest BCUT2D eigenvalue weighted by Gasteiger charge is 2.23. The highest BCUT2D eigenvalue weighted by atomic mass is 35.5. The second-order valence-corrected chi connectivity index (χ2v) is 31.5. The van der Waals surface area contributed by atoms with Gasteiger partial charge in [0.1, 0.15) is 25.3 Å². The van der Waals surface area contributed by atoms with E-state index in [9.17, 15) is 4.79 Å². The van der Waals surface area contributed by atoms with Crippen molar-refractivity contribution in [2.24, 2.45) is 10.7 Å². The predicted octanol–water partition coefficient (Wildman–Crippen LogP) is 15.9. The van der Waals surface area contributed by atoms with E-state index in [1.165, 1.54) is 37.1 Å². The molecule has 13 rings (SSSR count). The average molecular weight is 1590 g/mol. The second-order valence-electron chi connectivity index (χ2n) is 25.6. The molecule has 8 aromatic heterocycles. The molecule has 1 amide bonds. The molecule has 0 unspecified atom stereocenters. The van der Waals surface area contributed by atoms with Gasteiger partial charge in [-0.3, -0.25) is 9.79 Å². The number of halogens is 4. The summed E-state index contributed by atoms with van der Waals surface area (Å²) in [5, 5.41) is 13.1. The maximum atomic E-state index is 10.9. The van der Waals surface area contributed by atoms with Crippen LogP contribution in [0.2, 0.25) is 20.1 Å². The number of rotatable bonds is 28. The van der Waals surface area contributed by atoms with Gasteiger partial charge in [-0.15, -0.1) is 0 Å². The molecule has 0 bridgehead atoms. The average Bonchev–Trinajstić information content (AvgIpc) is 1.62. The zero-order valence-corrected chi connectivity index (χ0v) is 66.5. The number of aryl methyl sites for hydroxylation is 7. The number of nitrogens with zero attached hydrogens (tertiary/aromatic N) is 17. The van der Waals surface area contributed by atoms with E-state index in [-0.39, 0.29) is 5.91 Å². The van der Waals surface area contributed by atoms with Crippen LogP contribution in [0.3, 0.4) is 0 Å². The first-order valence-electron chi connectivity index (χ1n) is 34.6. The molecule has 0 aliphatic carbocycles. The van der Waals surface area contributed by atoms with E-state index >= 15 is 0 Å². The lowest BCUT2D eigenvalue weighted by Gasteiger charge is -2.13. The molecule has 12 N–H and O–H groups in total. The van der Waals surface area contributed by atoms with Gasteiger partial charge < -0.3 is 57.6 Å². The van der Waals surface area contributed by atoms with E-state index in [4.69, 9.17) is 85.0 Å². The number of hydrogen-bond acceptors (Lipinski definition) is 24. The molecule has 0 atom stereocenters. The van der Waals surface area contributed by atoms with Crippen molar-refractivity contribution in [3.05, 3.63) is 147 Å². The molecule has 1 aliphatic rings. The number of nitrogens with one attached hydrogen (secondary N) is 2. The van der Waals surface area contributed by atoms with Crippen molar-refractivity contribution < 1.29 is 4.79 Å². The number of aromatic nitrogens is 16. The van der Waals surface area contributed by atoms with Crippen LogP contribution in [-0.2, 0) is 31.0 Å².